The van der Waals surface area contributed by atoms with E-state index in [1.807, 2.05) is 48.5 Å². The van der Waals surface area contributed by atoms with Crippen molar-refractivity contribution in [1.82, 2.24) is 35.8 Å². The lowest BCUT2D eigenvalue weighted by atomic mass is 9.98. The number of carboxylic acids is 2. The molecule has 29 nitrogen and oxygen atoms in total. The number of anilines is 1. The highest BCUT2D eigenvalue weighted by Gasteiger charge is 2.43. The first-order valence-electron chi connectivity index (χ1n) is 24.3. The summed E-state index contributed by atoms with van der Waals surface area (Å²) in [6, 6.07) is 13.2. The number of alkyl carbamates (subject to hydrolysis) is 1. The normalized spacial score (nSPS) is 18.0. The summed E-state index contributed by atoms with van der Waals surface area (Å²) >= 11 is 0. The van der Waals surface area contributed by atoms with Gasteiger partial charge in [0.1, 0.15) is 48.8 Å². The topological polar surface area (TPSA) is 446 Å². The number of hydrogen-bond donors (Lipinski definition) is 12. The van der Waals surface area contributed by atoms with Gasteiger partial charge < -0.3 is 75.9 Å². The van der Waals surface area contributed by atoms with Crippen LogP contribution in [-0.2, 0) is 60.3 Å². The molecule has 0 saturated carbocycles. The van der Waals surface area contributed by atoms with E-state index in [0.717, 1.165) is 28.6 Å². The summed E-state index contributed by atoms with van der Waals surface area (Å²) in [6.07, 6.45) is -1.43. The van der Waals surface area contributed by atoms with Crippen LogP contribution in [0, 0.1) is 11.8 Å². The number of unbranched alkanes of at least 4 members (excludes halogenated alkanes) is 2. The minimum atomic E-state index is -5.78. The predicted octanol–water partition coefficient (Wildman–Crippen LogP) is 3.26. The smallest absolute Gasteiger partial charge is 0.481 e. The number of benzene rings is 2. The Morgan fingerprint density at radius 1 is 0.825 bits per heavy atom. The van der Waals surface area contributed by atoms with Crippen molar-refractivity contribution in [3.8, 4) is 23.0 Å². The first-order valence-corrected chi connectivity index (χ1v) is 31.3. The Kier molecular flexibility index (Phi) is 23.1. The van der Waals surface area contributed by atoms with E-state index in [0.29, 0.717) is 36.0 Å². The molecule has 1 fully saturated rings. The number of aliphatic hydroxyl groups excluding tert-OH is 1. The summed E-state index contributed by atoms with van der Waals surface area (Å²) in [6.45, 7) is -0.833. The van der Waals surface area contributed by atoms with Gasteiger partial charge in [0.25, 0.3) is 0 Å². The van der Waals surface area contributed by atoms with E-state index < -0.39 is 96.9 Å². The number of aromatic nitrogens is 3. The molecule has 34 heteroatoms. The van der Waals surface area contributed by atoms with E-state index in [-0.39, 0.29) is 74.4 Å². The van der Waals surface area contributed by atoms with Crippen molar-refractivity contribution in [3.63, 3.8) is 0 Å². The van der Waals surface area contributed by atoms with Gasteiger partial charge in [-0.25, -0.2) is 33.3 Å². The number of ether oxygens (including phenoxy) is 2. The molecule has 2 aromatic heterocycles. The third kappa shape index (κ3) is 19.1. The molecule has 80 heavy (non-hydrogen) atoms. The third-order valence-corrected chi connectivity index (χ3v) is 18.1. The number of amides is 4. The zero-order chi connectivity index (χ0) is 58.2. The van der Waals surface area contributed by atoms with Crippen molar-refractivity contribution >= 4 is 97.7 Å². The van der Waals surface area contributed by atoms with Crippen LogP contribution in [0.1, 0.15) is 80.2 Å². The molecule has 0 bridgehead atoms. The summed E-state index contributed by atoms with van der Waals surface area (Å²) in [5.41, 5.74) is 10.7. The summed E-state index contributed by atoms with van der Waals surface area (Å²) in [5, 5.41) is 39.6. The van der Waals surface area contributed by atoms with Crippen LogP contribution in [0.15, 0.2) is 61.1 Å². The van der Waals surface area contributed by atoms with E-state index >= 15 is 0 Å². The fourth-order valence-corrected chi connectivity index (χ4v) is 13.5. The number of carboxylic acid groups (broad SMARTS) is 2. The van der Waals surface area contributed by atoms with Gasteiger partial charge in [-0.3, -0.25) is 23.7 Å². The summed E-state index contributed by atoms with van der Waals surface area (Å²) in [7, 11) is -14.4. The zero-order valence-corrected chi connectivity index (χ0v) is 46.4. The minimum Gasteiger partial charge on any atom is -0.481 e. The molecule has 2 aromatic carbocycles. The van der Waals surface area contributed by atoms with Crippen LogP contribution in [0.3, 0.4) is 0 Å². The number of nitrogens with one attached hydrogen (secondary N) is 4. The van der Waals surface area contributed by atoms with Gasteiger partial charge in [-0.2, -0.15) is 8.62 Å². The molecule has 3 heterocycles. The summed E-state index contributed by atoms with van der Waals surface area (Å²) in [4.78, 5) is 119. The lowest BCUT2D eigenvalue weighted by molar-refractivity contribution is -0.143. The van der Waals surface area contributed by atoms with Gasteiger partial charge in [0.05, 0.1) is 30.2 Å². The number of phosphoric acid groups is 3. The standard InChI is InChI=1S/C46H57N8O21P3S2/c47-42-41-27(22-54(43(41)51-26-50-42)39-21-35(55)36(73-39)24-72-77(67,68)75-78(69,70)74-76(64,65)66)9-8-19-48-37(56)17-20-79-80-25-34(44(60)49-18-7-1-2-14-38(57)52-33(45(61)62)15-16-40(58)59)53-46(63)71-23-32-30-12-5-3-10-28(30)29-11-4-6-13-31(29)32/h3-6,10-13,22,26,32-36,39,55H,1-2,7,14-21,23-25H2,(H,48,56)(H,49,60)(H,52,57)(H,53,63)(H,58,59)(H,61,62)(H,67,68)(H,69,70)(H2,47,50,51)(H2,64,65,66)/t33?,34?,35?,36-,39-/m1/s1. The van der Waals surface area contributed by atoms with Crippen molar-refractivity contribution < 1.29 is 100.0 Å². The second-order valence-electron chi connectivity index (χ2n) is 17.7. The third-order valence-electron chi connectivity index (χ3n) is 11.9. The van der Waals surface area contributed by atoms with Gasteiger partial charge in [-0.15, -0.1) is 0 Å². The van der Waals surface area contributed by atoms with Crippen molar-refractivity contribution in [2.75, 3.05) is 43.5 Å². The molecule has 0 spiro atoms. The van der Waals surface area contributed by atoms with Crippen molar-refractivity contribution in [1.29, 1.82) is 0 Å². The van der Waals surface area contributed by atoms with E-state index in [9.17, 15) is 62.5 Å². The number of carbonyl (C=O) groups excluding carboxylic acids is 4. The number of rotatable bonds is 30. The van der Waals surface area contributed by atoms with Crippen LogP contribution in [0.25, 0.3) is 22.2 Å². The van der Waals surface area contributed by atoms with E-state index in [1.165, 1.54) is 32.4 Å². The Balaban J connectivity index is 0.973. The Morgan fingerprint density at radius 3 is 2.20 bits per heavy atom. The second-order valence-corrected chi connectivity index (χ2v) is 24.7. The van der Waals surface area contributed by atoms with Gasteiger partial charge in [0, 0.05) is 55.8 Å². The van der Waals surface area contributed by atoms with Crippen LogP contribution in [0.5, 0.6) is 0 Å². The molecular weight excluding hydrogens is 1160 g/mol. The molecule has 1 aliphatic heterocycles. The zero-order valence-electron chi connectivity index (χ0n) is 42.1. The van der Waals surface area contributed by atoms with Gasteiger partial charge in [0.15, 0.2) is 0 Å². The van der Waals surface area contributed by atoms with Gasteiger partial charge in [0.2, 0.25) is 17.7 Å². The highest BCUT2D eigenvalue weighted by Crippen LogP contribution is 2.66. The monoisotopic (exact) mass is 1210 g/mol. The number of nitrogens with two attached hydrogens (primary N) is 1. The Bertz CT molecular complexity index is 3080. The van der Waals surface area contributed by atoms with Crippen LogP contribution in [0.4, 0.5) is 10.6 Å². The van der Waals surface area contributed by atoms with Crippen LogP contribution in [-0.4, -0.2) is 147 Å². The molecule has 4 amide bonds. The van der Waals surface area contributed by atoms with E-state index in [1.54, 1.807) is 0 Å². The van der Waals surface area contributed by atoms with Gasteiger partial charge in [-0.05, 0) is 41.5 Å². The number of aliphatic hydroxyl groups is 1. The van der Waals surface area contributed by atoms with Crippen molar-refractivity contribution in [3.05, 3.63) is 77.7 Å². The highest BCUT2D eigenvalue weighted by molar-refractivity contribution is 8.76. The molecule has 2 aliphatic rings. The molecule has 7 atom stereocenters. The molecular formula is C46H57N8O21P3S2. The number of nitrogen functional groups attached to an aromatic ring is 1. The highest BCUT2D eigenvalue weighted by atomic mass is 33.1. The molecule has 13 N–H and O–H groups in total. The van der Waals surface area contributed by atoms with Crippen LogP contribution in [0.2, 0.25) is 0 Å². The summed E-state index contributed by atoms with van der Waals surface area (Å²) in [5.74, 6) is 1.92. The Hall–Kier alpha value is -5.93. The van der Waals surface area contributed by atoms with Crippen LogP contribution < -0.4 is 27.0 Å². The number of hydrogen-bond acceptors (Lipinski definition) is 20. The maximum atomic E-state index is 13.5. The van der Waals surface area contributed by atoms with Crippen molar-refractivity contribution in [2.45, 2.75) is 87.8 Å². The SMILES string of the molecule is Nc1ncnc2c1c(C#CCNC(=O)CCSSCC(NC(=O)OCC1c3ccccc3-c3ccccc31)C(=O)NCCCCCC(=O)NC(CCC(=O)O)C(=O)O)cn2[C@H]1CC(O)[C@@H](COP(=O)(O)OP(=O)(O)OP(=O)(O)O)O1. The number of aliphatic carboxylic acids is 2. The maximum Gasteiger partial charge on any atom is 0.490 e. The van der Waals surface area contributed by atoms with Crippen LogP contribution >= 0.6 is 45.1 Å². The average molecular weight is 1220 g/mol. The molecule has 4 aromatic rings. The fourth-order valence-electron chi connectivity index (χ4n) is 8.29. The second kappa shape index (κ2) is 29.2. The Morgan fingerprint density at radius 2 is 1.52 bits per heavy atom. The number of phosphoric ester groups is 1. The van der Waals surface area contributed by atoms with Gasteiger partial charge >= 0.3 is 41.5 Å². The fraction of sp³-hybridized carbons (Fsp3) is 0.435. The molecule has 0 radical (unpaired) electrons. The molecule has 1 saturated heterocycles. The molecule has 5 unspecified atom stereocenters. The minimum absolute atomic E-state index is 0.00452. The lowest BCUT2D eigenvalue weighted by Crippen LogP contribution is -2.48. The summed E-state index contributed by atoms with van der Waals surface area (Å²) < 4.78 is 59.9. The number of carbonyl (C=O) groups is 6. The first kappa shape index (κ1) is 63.3. The molecule has 6 rings (SSSR count). The largest absolute Gasteiger partial charge is 0.490 e. The Labute approximate surface area is 463 Å². The lowest BCUT2D eigenvalue weighted by Gasteiger charge is -2.19. The molecule has 434 valence electrons. The van der Waals surface area contributed by atoms with Crippen molar-refractivity contribution in [2.24, 2.45) is 0 Å². The van der Waals surface area contributed by atoms with E-state index in [2.05, 4.69) is 56.2 Å². The maximum absolute atomic E-state index is 13.5. The number of nitrogens with zero attached hydrogens (tertiary/aromatic N) is 3. The molecule has 1 aliphatic carbocycles. The van der Waals surface area contributed by atoms with Gasteiger partial charge in [-0.1, -0.05) is 88.4 Å². The first-order chi connectivity index (χ1) is 37.9. The van der Waals surface area contributed by atoms with E-state index in [4.69, 9.17) is 30.1 Å². The number of fused-ring (bicyclic) bond motifs is 4. The quantitative estimate of drug-likeness (QED) is 0.0154. The predicted molar refractivity (Wildman–Crippen MR) is 286 cm³/mol. The average Bonchev–Trinajstić information content (AvgIpc) is 4.27.